The van der Waals surface area contributed by atoms with Crippen LogP contribution in [0.1, 0.15) is 0 Å². The molecule has 0 aromatic heterocycles. The van der Waals surface area contributed by atoms with Crippen molar-refractivity contribution in [3.05, 3.63) is 11.8 Å². The molecule has 0 aliphatic rings. The van der Waals surface area contributed by atoms with E-state index >= 15 is 0 Å². The van der Waals surface area contributed by atoms with Crippen molar-refractivity contribution >= 4 is 11.6 Å². The van der Waals surface area contributed by atoms with Crippen molar-refractivity contribution in [1.29, 1.82) is 0 Å². The van der Waals surface area contributed by atoms with Crippen LogP contribution in [0.5, 0.6) is 0 Å². The highest BCUT2D eigenvalue weighted by Gasteiger charge is 1.82. The molecule has 0 heterocycles. The van der Waals surface area contributed by atoms with Crippen molar-refractivity contribution in [2.45, 2.75) is 0 Å². The number of rotatable bonds is 2. The zero-order chi connectivity index (χ0) is 5.70. The maximum absolute atomic E-state index is 8.51. The molecule has 2 nitrogen and oxygen atoms in total. The summed E-state index contributed by atoms with van der Waals surface area (Å²) in [7, 11) is 0. The van der Waals surface area contributed by atoms with Gasteiger partial charge in [-0.15, -0.1) is 11.6 Å². The van der Waals surface area contributed by atoms with E-state index in [4.69, 9.17) is 22.4 Å². The molecule has 0 aromatic carbocycles. The second-order valence-corrected chi connectivity index (χ2v) is 1.33. The molecule has 0 radical (unpaired) electrons. The fraction of sp³-hybridized carbons (Fsp3) is 0.500. The van der Waals surface area contributed by atoms with Crippen LogP contribution in [0.2, 0.25) is 0 Å². The Labute approximate surface area is 47.6 Å². The smallest absolute Gasteiger partial charge is 0.104 e. The van der Waals surface area contributed by atoms with Crippen molar-refractivity contribution < 1.29 is 5.11 Å². The van der Waals surface area contributed by atoms with E-state index in [-0.39, 0.29) is 11.6 Å². The summed E-state index contributed by atoms with van der Waals surface area (Å²) in [4.78, 5) is 0. The Balaban J connectivity index is 3.29. The first-order chi connectivity index (χ1) is 3.31. The van der Waals surface area contributed by atoms with Crippen LogP contribution >= 0.6 is 11.6 Å². The average Bonchev–Trinajstić information content (AvgIpc) is 1.68. The molecule has 0 fully saturated rings. The molecule has 0 unspecified atom stereocenters. The van der Waals surface area contributed by atoms with Gasteiger partial charge in [0, 0.05) is 6.54 Å². The molecule has 0 amide bonds. The largest absolute Gasteiger partial charge is 0.511 e. The van der Waals surface area contributed by atoms with Gasteiger partial charge in [-0.2, -0.15) is 0 Å². The summed E-state index contributed by atoms with van der Waals surface area (Å²) in [6.07, 6.45) is 1.47. The molecule has 42 valence electrons. The third kappa shape index (κ3) is 3.62. The number of aliphatic hydroxyl groups is 1. The van der Waals surface area contributed by atoms with Crippen LogP contribution in [-0.4, -0.2) is 17.5 Å². The molecule has 3 heteroatoms. The lowest BCUT2D eigenvalue weighted by Gasteiger charge is -1.86. The molecular formula is C4H8ClNO. The van der Waals surface area contributed by atoms with Crippen LogP contribution in [0.15, 0.2) is 11.8 Å². The Morgan fingerprint density at radius 1 is 1.86 bits per heavy atom. The first-order valence-corrected chi connectivity index (χ1v) is 2.48. The number of halogens is 1. The van der Waals surface area contributed by atoms with Gasteiger partial charge in [0.2, 0.25) is 0 Å². The lowest BCUT2D eigenvalue weighted by Crippen LogP contribution is -1.95. The van der Waals surface area contributed by atoms with Crippen molar-refractivity contribution in [2.24, 2.45) is 5.73 Å². The summed E-state index contributed by atoms with van der Waals surface area (Å²) in [6.45, 7) is 0.346. The van der Waals surface area contributed by atoms with Crippen molar-refractivity contribution in [2.75, 3.05) is 12.4 Å². The highest BCUT2D eigenvalue weighted by Crippen LogP contribution is 1.87. The molecule has 0 aliphatic heterocycles. The zero-order valence-electron chi connectivity index (χ0n) is 3.89. The van der Waals surface area contributed by atoms with Gasteiger partial charge in [0.15, 0.2) is 0 Å². The first kappa shape index (κ1) is 6.79. The second-order valence-electron chi connectivity index (χ2n) is 1.06. The predicted octanol–water partition coefficient (Wildman–Crippen LogP) is 0.626. The van der Waals surface area contributed by atoms with E-state index in [9.17, 15) is 0 Å². The normalized spacial score (nSPS) is 12.0. The predicted molar refractivity (Wildman–Crippen MR) is 30.5 cm³/mol. The minimum Gasteiger partial charge on any atom is -0.511 e. The molecule has 0 saturated heterocycles. The Morgan fingerprint density at radius 3 is 2.57 bits per heavy atom. The van der Waals surface area contributed by atoms with Crippen LogP contribution < -0.4 is 5.73 Å². The van der Waals surface area contributed by atoms with Gasteiger partial charge in [-0.05, 0) is 6.08 Å². The molecule has 0 atom stereocenters. The highest BCUT2D eigenvalue weighted by atomic mass is 35.5. The molecule has 0 saturated carbocycles. The average molecular weight is 122 g/mol. The minimum absolute atomic E-state index is 0.143. The molecule has 0 rings (SSSR count). The van der Waals surface area contributed by atoms with Crippen LogP contribution in [0.3, 0.4) is 0 Å². The van der Waals surface area contributed by atoms with E-state index in [2.05, 4.69) is 0 Å². The van der Waals surface area contributed by atoms with Gasteiger partial charge in [-0.1, -0.05) is 0 Å². The molecular weight excluding hydrogens is 114 g/mol. The van der Waals surface area contributed by atoms with Gasteiger partial charge in [-0.3, -0.25) is 0 Å². The third-order valence-electron chi connectivity index (χ3n) is 0.490. The van der Waals surface area contributed by atoms with Crippen molar-refractivity contribution in [3.8, 4) is 0 Å². The maximum Gasteiger partial charge on any atom is 0.104 e. The number of alkyl halides is 1. The van der Waals surface area contributed by atoms with E-state index in [0.29, 0.717) is 6.54 Å². The van der Waals surface area contributed by atoms with Gasteiger partial charge in [-0.25, -0.2) is 0 Å². The fourth-order valence-electron chi connectivity index (χ4n) is 0.191. The number of hydrogen-bond acceptors (Lipinski definition) is 2. The van der Waals surface area contributed by atoms with Crippen molar-refractivity contribution in [1.82, 2.24) is 0 Å². The maximum atomic E-state index is 8.51. The van der Waals surface area contributed by atoms with Crippen LogP contribution in [0.25, 0.3) is 0 Å². The van der Waals surface area contributed by atoms with E-state index < -0.39 is 0 Å². The molecule has 0 bridgehead atoms. The van der Waals surface area contributed by atoms with Gasteiger partial charge >= 0.3 is 0 Å². The van der Waals surface area contributed by atoms with Gasteiger partial charge in [0.05, 0.1) is 5.88 Å². The van der Waals surface area contributed by atoms with Crippen LogP contribution in [-0.2, 0) is 0 Å². The monoisotopic (exact) mass is 121 g/mol. The Bertz CT molecular complexity index is 72.1. The van der Waals surface area contributed by atoms with E-state index in [1.54, 1.807) is 0 Å². The lowest BCUT2D eigenvalue weighted by atomic mass is 10.5. The zero-order valence-corrected chi connectivity index (χ0v) is 4.65. The Hall–Kier alpha value is -0.210. The quantitative estimate of drug-likeness (QED) is 0.416. The van der Waals surface area contributed by atoms with Gasteiger partial charge in [0.1, 0.15) is 5.76 Å². The van der Waals surface area contributed by atoms with Crippen LogP contribution in [0, 0.1) is 0 Å². The third-order valence-corrected chi connectivity index (χ3v) is 0.764. The van der Waals surface area contributed by atoms with E-state index in [0.717, 1.165) is 0 Å². The fourth-order valence-corrected chi connectivity index (χ4v) is 0.300. The highest BCUT2D eigenvalue weighted by molar-refractivity contribution is 6.19. The molecule has 0 aliphatic carbocycles. The number of aliphatic hydroxyl groups excluding tert-OH is 1. The van der Waals surface area contributed by atoms with Crippen molar-refractivity contribution in [3.63, 3.8) is 0 Å². The number of allylic oxidation sites excluding steroid dienone is 1. The Kier molecular flexibility index (Phi) is 3.84. The standard InChI is InChI=1S/C4H8ClNO/c5-3-4(7)1-2-6/h1,7H,2-3,6H2/b4-1-. The van der Waals surface area contributed by atoms with Gasteiger partial charge in [0.25, 0.3) is 0 Å². The summed E-state index contributed by atoms with van der Waals surface area (Å²) in [5.74, 6) is 0.293. The second kappa shape index (κ2) is 3.96. The lowest BCUT2D eigenvalue weighted by molar-refractivity contribution is 0.414. The molecule has 7 heavy (non-hydrogen) atoms. The summed E-state index contributed by atoms with van der Waals surface area (Å²) in [6, 6.07) is 0. The van der Waals surface area contributed by atoms with Gasteiger partial charge < -0.3 is 10.8 Å². The minimum atomic E-state index is 0.143. The molecule has 0 aromatic rings. The first-order valence-electron chi connectivity index (χ1n) is 1.95. The Morgan fingerprint density at radius 2 is 2.43 bits per heavy atom. The summed E-state index contributed by atoms with van der Waals surface area (Å²) in [5, 5.41) is 8.51. The SMILES string of the molecule is NC/C=C(\O)CCl. The summed E-state index contributed by atoms with van der Waals surface area (Å²) < 4.78 is 0. The van der Waals surface area contributed by atoms with Crippen LogP contribution in [0.4, 0.5) is 0 Å². The molecule has 0 spiro atoms. The molecule has 3 N–H and O–H groups in total. The summed E-state index contributed by atoms with van der Waals surface area (Å²) in [5.41, 5.74) is 5.01. The van der Waals surface area contributed by atoms with E-state index in [1.165, 1.54) is 6.08 Å². The summed E-state index contributed by atoms with van der Waals surface area (Å²) >= 11 is 5.16. The number of nitrogens with two attached hydrogens (primary N) is 1. The number of hydrogen-bond donors (Lipinski definition) is 2. The topological polar surface area (TPSA) is 46.2 Å². The van der Waals surface area contributed by atoms with E-state index in [1.807, 2.05) is 0 Å².